The molecule has 0 aromatic carbocycles. The number of aromatic amines is 2. The van der Waals surface area contributed by atoms with Gasteiger partial charge >= 0.3 is 11.9 Å². The molecule has 0 fully saturated rings. The Morgan fingerprint density at radius 2 is 1.25 bits per heavy atom. The number of aromatic nitrogens is 4. The van der Waals surface area contributed by atoms with Crippen LogP contribution in [-0.4, -0.2) is 51.2 Å². The van der Waals surface area contributed by atoms with Gasteiger partial charge in [-0.2, -0.15) is 8.78 Å². The highest BCUT2D eigenvalue weighted by atomic mass is 35.5. The maximum Gasteiger partial charge on any atom is 0.305 e. The molecule has 252 valence electrons. The zero-order chi connectivity index (χ0) is 35.0. The van der Waals surface area contributed by atoms with Crippen LogP contribution in [0.2, 0.25) is 0 Å². The number of hydrogen-bond acceptors (Lipinski definition) is 7. The lowest BCUT2D eigenvalue weighted by atomic mass is 9.98. The number of ether oxygens (including phenoxy) is 2. The summed E-state index contributed by atoms with van der Waals surface area (Å²) in [6, 6.07) is 7.13. The van der Waals surface area contributed by atoms with Crippen LogP contribution in [0.3, 0.4) is 0 Å². The maximum absolute atomic E-state index is 14.0. The lowest BCUT2D eigenvalue weighted by Gasteiger charge is -2.06. The fourth-order valence-electron chi connectivity index (χ4n) is 6.33. The predicted octanol–water partition coefficient (Wildman–Crippen LogP) is 8.56. The van der Waals surface area contributed by atoms with E-state index in [2.05, 4.69) is 9.97 Å². The average Bonchev–Trinajstić information content (AvgIpc) is 3.71. The molecule has 0 amide bonds. The van der Waals surface area contributed by atoms with Gasteiger partial charge in [0, 0.05) is 46.0 Å². The molecule has 3 N–H and O–H groups in total. The monoisotopic (exact) mass is 678 g/mol. The number of fused-ring (bicyclic) bond motifs is 8. The minimum absolute atomic E-state index is 0.0957. The van der Waals surface area contributed by atoms with Gasteiger partial charge in [0.15, 0.2) is 0 Å². The Morgan fingerprint density at radius 3 is 1.73 bits per heavy atom. The smallest absolute Gasteiger partial charge is 0.305 e. The maximum atomic E-state index is 14.0. The van der Waals surface area contributed by atoms with E-state index in [-0.39, 0.29) is 24.4 Å². The molecule has 1 unspecified atom stereocenters. The van der Waals surface area contributed by atoms with Crippen molar-refractivity contribution >= 4 is 72.9 Å². The van der Waals surface area contributed by atoms with E-state index in [4.69, 9.17) is 31.0 Å². The van der Waals surface area contributed by atoms with Crippen LogP contribution in [0.5, 0.6) is 0 Å². The first-order valence-corrected chi connectivity index (χ1v) is 15.8. The van der Waals surface area contributed by atoms with Gasteiger partial charge in [-0.25, -0.2) is 9.97 Å². The Hall–Kier alpha value is -4.61. The molecule has 12 heteroatoms. The van der Waals surface area contributed by atoms with Crippen molar-refractivity contribution in [2.75, 3.05) is 14.2 Å². The Balaban J connectivity index is 1.95. The van der Waals surface area contributed by atoms with Crippen LogP contribution in [0, 0.1) is 13.8 Å². The van der Waals surface area contributed by atoms with Crippen LogP contribution in [-0.2, 0) is 19.1 Å². The van der Waals surface area contributed by atoms with Gasteiger partial charge in [-0.05, 0) is 105 Å². The summed E-state index contributed by atoms with van der Waals surface area (Å²) in [4.78, 5) is 40.9. The van der Waals surface area contributed by atoms with Crippen molar-refractivity contribution < 1.29 is 33.0 Å². The summed E-state index contributed by atoms with van der Waals surface area (Å²) >= 11 is 6.23. The lowest BCUT2D eigenvalue weighted by Crippen LogP contribution is -2.01. The molecule has 0 aliphatic carbocycles. The second kappa shape index (κ2) is 13.9. The summed E-state index contributed by atoms with van der Waals surface area (Å²) in [6.45, 7) is 9.03. The topological polar surface area (TPSA) is 130 Å². The standard InChI is InChI=1S/C36H37ClF2N4O5/c1-16-21(8-10-31(45)47-6)27-15-28-22(9-11-32(46)48-7)17(2)24(41-28)13-30-34(35(37)36(38)39)19(4)26(43-30)14-29-33(20(5)44)18(3)25(42-29)12-23(16)40-27/h12-15,20,42-44H,8-11H2,1-7H3. The number of nitrogens with zero attached hydrogens (tertiary/aromatic N) is 2. The van der Waals surface area contributed by atoms with E-state index in [9.17, 15) is 23.5 Å². The SMILES string of the molecule is COC(=O)CCC1=C(C)c2cc3[nH]c(cc4[nH]c(cc5nc(cc1n2)C(CCC(=O)OC)=C5C)c(C(Cl)=C(F)F)c4C)c(C(C)O)c3C. The van der Waals surface area contributed by atoms with Gasteiger partial charge in [0.2, 0.25) is 0 Å². The molecule has 1 atom stereocenters. The molecular formula is C36H37ClF2N4O5. The number of allylic oxidation sites excluding steroid dienone is 4. The van der Waals surface area contributed by atoms with E-state index >= 15 is 0 Å². The van der Waals surface area contributed by atoms with Crippen molar-refractivity contribution in [1.29, 1.82) is 0 Å². The van der Waals surface area contributed by atoms with Crippen LogP contribution in [0.4, 0.5) is 8.78 Å². The molecule has 3 aromatic heterocycles. The average molecular weight is 679 g/mol. The third-order valence-electron chi connectivity index (χ3n) is 9.00. The molecule has 9 nitrogen and oxygen atoms in total. The number of rotatable bonds is 8. The quantitative estimate of drug-likeness (QED) is 0.204. The summed E-state index contributed by atoms with van der Waals surface area (Å²) in [5.41, 5.74) is 9.60. The number of nitrogens with one attached hydrogen (secondary N) is 2. The summed E-state index contributed by atoms with van der Waals surface area (Å²) in [6.07, 6.45) is -1.99. The van der Waals surface area contributed by atoms with Crippen LogP contribution in [0.1, 0.15) is 97.6 Å². The van der Waals surface area contributed by atoms with Gasteiger partial charge in [0.1, 0.15) is 5.03 Å². The Morgan fingerprint density at radius 1 is 0.771 bits per heavy atom. The number of esters is 2. The zero-order valence-electron chi connectivity index (χ0n) is 27.8. The number of carbonyl (C=O) groups is 2. The molecule has 0 radical (unpaired) electrons. The van der Waals surface area contributed by atoms with Gasteiger partial charge in [-0.1, -0.05) is 11.6 Å². The molecule has 0 saturated heterocycles. The van der Waals surface area contributed by atoms with E-state index in [1.165, 1.54) is 14.2 Å². The number of halogens is 3. The van der Waals surface area contributed by atoms with Crippen molar-refractivity contribution in [2.45, 2.75) is 66.4 Å². The van der Waals surface area contributed by atoms with E-state index < -0.39 is 23.2 Å². The third-order valence-corrected chi connectivity index (χ3v) is 9.33. The molecule has 8 bridgehead atoms. The van der Waals surface area contributed by atoms with Crippen LogP contribution >= 0.6 is 11.6 Å². The van der Waals surface area contributed by atoms with Crippen LogP contribution in [0.25, 0.3) is 49.4 Å². The van der Waals surface area contributed by atoms with Gasteiger partial charge in [0.05, 0.1) is 43.1 Å². The second-order valence-electron chi connectivity index (χ2n) is 11.9. The van der Waals surface area contributed by atoms with Crippen LogP contribution < -0.4 is 0 Å². The van der Waals surface area contributed by atoms with E-state index in [1.54, 1.807) is 26.0 Å². The van der Waals surface area contributed by atoms with Gasteiger partial charge in [-0.3, -0.25) is 9.59 Å². The lowest BCUT2D eigenvalue weighted by molar-refractivity contribution is -0.141. The third kappa shape index (κ3) is 6.57. The normalized spacial score (nSPS) is 13.6. The first-order chi connectivity index (χ1) is 22.7. The fraction of sp³-hybridized carbons (Fsp3) is 0.333. The second-order valence-corrected chi connectivity index (χ2v) is 12.3. The van der Waals surface area contributed by atoms with E-state index in [0.29, 0.717) is 68.8 Å². The van der Waals surface area contributed by atoms with Gasteiger partial charge in [0.25, 0.3) is 6.08 Å². The first kappa shape index (κ1) is 34.7. The number of methoxy groups -OCH3 is 2. The van der Waals surface area contributed by atoms with Crippen LogP contribution in [0.15, 0.2) is 30.3 Å². The summed E-state index contributed by atoms with van der Waals surface area (Å²) < 4.78 is 37.9. The van der Waals surface area contributed by atoms with Gasteiger partial charge in [-0.15, -0.1) is 0 Å². The molecule has 0 saturated carbocycles. The molecule has 2 aliphatic heterocycles. The minimum atomic E-state index is -2.03. The minimum Gasteiger partial charge on any atom is -0.469 e. The summed E-state index contributed by atoms with van der Waals surface area (Å²) in [7, 11) is 2.66. The first-order valence-electron chi connectivity index (χ1n) is 15.4. The summed E-state index contributed by atoms with van der Waals surface area (Å²) in [5.74, 6) is -0.753. The Labute approximate surface area is 281 Å². The Kier molecular flexibility index (Phi) is 10.0. The molecule has 0 spiro atoms. The van der Waals surface area contributed by atoms with Crippen molar-refractivity contribution in [1.82, 2.24) is 19.9 Å². The number of hydrogen-bond donors (Lipinski definition) is 3. The largest absolute Gasteiger partial charge is 0.469 e. The highest BCUT2D eigenvalue weighted by Crippen LogP contribution is 2.40. The molecule has 5 rings (SSSR count). The highest BCUT2D eigenvalue weighted by molar-refractivity contribution is 6.50. The van der Waals surface area contributed by atoms with Crippen molar-refractivity contribution in [3.8, 4) is 0 Å². The number of H-pyrrole nitrogens is 2. The predicted molar refractivity (Wildman–Crippen MR) is 184 cm³/mol. The van der Waals surface area contributed by atoms with Gasteiger partial charge < -0.3 is 24.5 Å². The van der Waals surface area contributed by atoms with E-state index in [0.717, 1.165) is 27.9 Å². The fourth-order valence-corrected chi connectivity index (χ4v) is 6.57. The molecule has 48 heavy (non-hydrogen) atoms. The number of aliphatic hydroxyl groups is 1. The van der Waals surface area contributed by atoms with Crippen molar-refractivity contribution in [2.24, 2.45) is 0 Å². The molecule has 3 aromatic rings. The number of carbonyl (C=O) groups excluding carboxylic acids is 2. The molecule has 5 heterocycles. The van der Waals surface area contributed by atoms with E-state index in [1.807, 2.05) is 32.9 Å². The molecular weight excluding hydrogens is 642 g/mol. The zero-order valence-corrected chi connectivity index (χ0v) is 28.6. The molecule has 2 aliphatic rings. The van der Waals surface area contributed by atoms with Crippen molar-refractivity contribution in [3.63, 3.8) is 0 Å². The number of aliphatic hydroxyl groups excluding tert-OH is 1. The van der Waals surface area contributed by atoms with Crippen molar-refractivity contribution in [3.05, 3.63) is 75.4 Å². The Bertz CT molecular complexity index is 2100. The summed E-state index contributed by atoms with van der Waals surface area (Å²) in [5, 5.41) is 10.1. The highest BCUT2D eigenvalue weighted by Gasteiger charge is 2.24. The number of aryl methyl sites for hydroxylation is 2.